The van der Waals surface area contributed by atoms with E-state index in [9.17, 15) is 14.7 Å². The van der Waals surface area contributed by atoms with Crippen LogP contribution in [0, 0.1) is 0 Å². The highest BCUT2D eigenvalue weighted by Gasteiger charge is 2.37. The number of carboxylic acid groups (broad SMARTS) is 1. The SMILES string of the molecule is O=C(O)C1Cc2c([nH]c3ccccc23)CN1C(=O)c1ccccc1N1CCOCC1. The lowest BCUT2D eigenvalue weighted by molar-refractivity contribution is -0.142. The minimum atomic E-state index is -0.983. The van der Waals surface area contributed by atoms with E-state index < -0.39 is 12.0 Å². The number of nitrogens with one attached hydrogen (secondary N) is 1. The van der Waals surface area contributed by atoms with Gasteiger partial charge in [0, 0.05) is 41.8 Å². The molecule has 3 heterocycles. The first kappa shape index (κ1) is 18.7. The molecule has 2 N–H and O–H groups in total. The van der Waals surface area contributed by atoms with E-state index in [2.05, 4.69) is 9.88 Å². The quantitative estimate of drug-likeness (QED) is 0.700. The Morgan fingerprint density at radius 2 is 1.77 bits per heavy atom. The van der Waals surface area contributed by atoms with Gasteiger partial charge in [0.2, 0.25) is 0 Å². The summed E-state index contributed by atoms with van der Waals surface area (Å²) in [7, 11) is 0. The van der Waals surface area contributed by atoms with Gasteiger partial charge in [0.25, 0.3) is 5.91 Å². The summed E-state index contributed by atoms with van der Waals surface area (Å²) in [6, 6.07) is 14.4. The van der Waals surface area contributed by atoms with Crippen LogP contribution in [0.1, 0.15) is 21.6 Å². The summed E-state index contributed by atoms with van der Waals surface area (Å²) in [6.45, 7) is 2.89. The standard InChI is InChI=1S/C23H23N3O4/c27-22(16-6-2-4-8-20(16)25-9-11-30-12-10-25)26-14-19-17(13-21(26)23(28)29)15-5-1-3-7-18(15)24-19/h1-8,21,24H,9-14H2,(H,28,29). The smallest absolute Gasteiger partial charge is 0.326 e. The van der Waals surface area contributed by atoms with Gasteiger partial charge in [-0.3, -0.25) is 4.79 Å². The largest absolute Gasteiger partial charge is 0.480 e. The average Bonchev–Trinajstić information content (AvgIpc) is 3.16. The van der Waals surface area contributed by atoms with Gasteiger partial charge in [0.15, 0.2) is 0 Å². The Labute approximate surface area is 173 Å². The third-order valence-electron chi connectivity index (χ3n) is 6.04. The van der Waals surface area contributed by atoms with Crippen molar-refractivity contribution < 1.29 is 19.4 Å². The maximum absolute atomic E-state index is 13.6. The molecule has 30 heavy (non-hydrogen) atoms. The molecule has 7 heteroatoms. The number of benzene rings is 2. The van der Waals surface area contributed by atoms with Gasteiger partial charge in [-0.05, 0) is 23.8 Å². The van der Waals surface area contributed by atoms with Crippen LogP contribution in [0.5, 0.6) is 0 Å². The molecule has 2 aliphatic heterocycles. The number of H-pyrrole nitrogens is 1. The molecule has 7 nitrogen and oxygen atoms in total. The lowest BCUT2D eigenvalue weighted by Gasteiger charge is -2.35. The van der Waals surface area contributed by atoms with Gasteiger partial charge in [0.05, 0.1) is 25.3 Å². The van der Waals surface area contributed by atoms with Crippen molar-refractivity contribution in [2.24, 2.45) is 0 Å². The molecular formula is C23H23N3O4. The number of hydrogen-bond acceptors (Lipinski definition) is 4. The number of carboxylic acids is 1. The Morgan fingerprint density at radius 3 is 2.57 bits per heavy atom. The number of rotatable bonds is 3. The van der Waals surface area contributed by atoms with Crippen molar-refractivity contribution in [2.45, 2.75) is 19.0 Å². The second-order valence-electron chi connectivity index (χ2n) is 7.74. The van der Waals surface area contributed by atoms with E-state index in [1.165, 1.54) is 4.90 Å². The summed E-state index contributed by atoms with van der Waals surface area (Å²) in [5.41, 5.74) is 4.23. The van der Waals surface area contributed by atoms with Crippen LogP contribution >= 0.6 is 0 Å². The number of hydrogen-bond donors (Lipinski definition) is 2. The molecule has 1 aromatic heterocycles. The number of amides is 1. The van der Waals surface area contributed by atoms with Gasteiger partial charge >= 0.3 is 5.97 Å². The molecule has 0 spiro atoms. The molecule has 2 aliphatic rings. The summed E-state index contributed by atoms with van der Waals surface area (Å²) in [5.74, 6) is -1.24. The summed E-state index contributed by atoms with van der Waals surface area (Å²) in [6.07, 6.45) is 0.292. The molecule has 5 rings (SSSR count). The number of aliphatic carboxylic acids is 1. The normalized spacial score (nSPS) is 19.0. The summed E-state index contributed by atoms with van der Waals surface area (Å²) < 4.78 is 5.44. The number of carbonyl (C=O) groups excluding carboxylic acids is 1. The maximum Gasteiger partial charge on any atom is 0.326 e. The molecule has 1 fully saturated rings. The Bertz CT molecular complexity index is 1120. The van der Waals surface area contributed by atoms with Gasteiger partial charge in [-0.15, -0.1) is 0 Å². The van der Waals surface area contributed by atoms with Crippen LogP contribution in [0.3, 0.4) is 0 Å². The molecule has 3 aromatic rings. The predicted molar refractivity (Wildman–Crippen MR) is 113 cm³/mol. The van der Waals surface area contributed by atoms with Crippen LogP contribution in [0.15, 0.2) is 48.5 Å². The molecule has 1 amide bonds. The first-order valence-electron chi connectivity index (χ1n) is 10.2. The maximum atomic E-state index is 13.6. The monoisotopic (exact) mass is 405 g/mol. The van der Waals surface area contributed by atoms with Crippen LogP contribution < -0.4 is 4.90 Å². The van der Waals surface area contributed by atoms with Crippen molar-refractivity contribution in [3.8, 4) is 0 Å². The van der Waals surface area contributed by atoms with E-state index in [-0.39, 0.29) is 12.5 Å². The van der Waals surface area contributed by atoms with Crippen LogP contribution in [0.2, 0.25) is 0 Å². The summed E-state index contributed by atoms with van der Waals surface area (Å²) in [5, 5.41) is 11.0. The third kappa shape index (κ3) is 3.11. The average molecular weight is 405 g/mol. The first-order valence-corrected chi connectivity index (χ1v) is 10.2. The van der Waals surface area contributed by atoms with Gasteiger partial charge < -0.3 is 24.6 Å². The first-order chi connectivity index (χ1) is 14.6. The minimum Gasteiger partial charge on any atom is -0.480 e. The zero-order valence-corrected chi connectivity index (χ0v) is 16.5. The van der Waals surface area contributed by atoms with E-state index in [4.69, 9.17) is 4.74 Å². The molecule has 2 aromatic carbocycles. The molecule has 1 unspecified atom stereocenters. The van der Waals surface area contributed by atoms with Gasteiger partial charge in [-0.1, -0.05) is 30.3 Å². The van der Waals surface area contributed by atoms with Gasteiger partial charge in [0.1, 0.15) is 6.04 Å². The molecule has 1 atom stereocenters. The lowest BCUT2D eigenvalue weighted by atomic mass is 9.95. The van der Waals surface area contributed by atoms with Crippen molar-refractivity contribution >= 4 is 28.5 Å². The number of ether oxygens (including phenoxy) is 1. The summed E-state index contributed by atoms with van der Waals surface area (Å²) >= 11 is 0. The number of para-hydroxylation sites is 2. The zero-order chi connectivity index (χ0) is 20.7. The minimum absolute atomic E-state index is 0.247. The van der Waals surface area contributed by atoms with Crippen LogP contribution in [0.4, 0.5) is 5.69 Å². The Balaban J connectivity index is 1.53. The number of aromatic amines is 1. The predicted octanol–water partition coefficient (Wildman–Crippen LogP) is 2.66. The van der Waals surface area contributed by atoms with Crippen molar-refractivity contribution in [3.63, 3.8) is 0 Å². The molecule has 0 saturated carbocycles. The van der Waals surface area contributed by atoms with Crippen molar-refractivity contribution in [1.82, 2.24) is 9.88 Å². The van der Waals surface area contributed by atoms with Gasteiger partial charge in [-0.2, -0.15) is 0 Å². The highest BCUT2D eigenvalue weighted by molar-refractivity contribution is 6.02. The molecule has 154 valence electrons. The Kier molecular flexibility index (Phi) is 4.67. The van der Waals surface area contributed by atoms with E-state index in [1.54, 1.807) is 6.07 Å². The van der Waals surface area contributed by atoms with Crippen LogP contribution in [0.25, 0.3) is 10.9 Å². The Morgan fingerprint density at radius 1 is 1.03 bits per heavy atom. The number of carbonyl (C=O) groups is 2. The highest BCUT2D eigenvalue weighted by atomic mass is 16.5. The van der Waals surface area contributed by atoms with Crippen molar-refractivity contribution in [1.29, 1.82) is 0 Å². The highest BCUT2D eigenvalue weighted by Crippen LogP contribution is 2.32. The molecule has 1 saturated heterocycles. The number of morpholine rings is 1. The second kappa shape index (κ2) is 7.50. The van der Waals surface area contributed by atoms with E-state index in [0.29, 0.717) is 38.3 Å². The molecule has 0 aliphatic carbocycles. The fourth-order valence-corrected chi connectivity index (χ4v) is 4.53. The number of nitrogens with zero attached hydrogens (tertiary/aromatic N) is 2. The van der Waals surface area contributed by atoms with E-state index in [1.807, 2.05) is 42.5 Å². The number of anilines is 1. The topological polar surface area (TPSA) is 85.9 Å². The number of aromatic nitrogens is 1. The molecule has 0 bridgehead atoms. The zero-order valence-electron chi connectivity index (χ0n) is 16.5. The second-order valence-corrected chi connectivity index (χ2v) is 7.74. The van der Waals surface area contributed by atoms with Crippen molar-refractivity contribution in [2.75, 3.05) is 31.2 Å². The fraction of sp³-hybridized carbons (Fsp3) is 0.304. The fourth-order valence-electron chi connectivity index (χ4n) is 4.53. The van der Waals surface area contributed by atoms with E-state index >= 15 is 0 Å². The van der Waals surface area contributed by atoms with Crippen LogP contribution in [-0.2, 0) is 22.5 Å². The third-order valence-corrected chi connectivity index (χ3v) is 6.04. The number of fused-ring (bicyclic) bond motifs is 3. The molecular weight excluding hydrogens is 382 g/mol. The van der Waals surface area contributed by atoms with E-state index in [0.717, 1.165) is 27.8 Å². The molecule has 0 radical (unpaired) electrons. The summed E-state index contributed by atoms with van der Waals surface area (Å²) in [4.78, 5) is 32.7. The van der Waals surface area contributed by atoms with Crippen LogP contribution in [-0.4, -0.2) is 59.2 Å². The Hall–Kier alpha value is -3.32. The lowest BCUT2D eigenvalue weighted by Crippen LogP contribution is -2.49. The van der Waals surface area contributed by atoms with Crippen molar-refractivity contribution in [3.05, 3.63) is 65.4 Å². The van der Waals surface area contributed by atoms with Gasteiger partial charge in [-0.25, -0.2) is 4.79 Å².